The molecular formula is C13H11N3O3S. The highest BCUT2D eigenvalue weighted by Crippen LogP contribution is 2.26. The highest BCUT2D eigenvalue weighted by atomic mass is 32.2. The van der Waals surface area contributed by atoms with Crippen molar-refractivity contribution in [1.29, 1.82) is 0 Å². The molecule has 0 atom stereocenters. The third-order valence-electron chi connectivity index (χ3n) is 2.87. The van der Waals surface area contributed by atoms with Crippen LogP contribution in [0.15, 0.2) is 41.6 Å². The second-order valence-corrected chi connectivity index (χ2v) is 6.43. The Labute approximate surface area is 115 Å². The number of para-hydroxylation sites is 1. The normalized spacial score (nSPS) is 11.8. The van der Waals surface area contributed by atoms with Gasteiger partial charge < -0.3 is 10.1 Å². The number of aromatic nitrogens is 3. The molecule has 6 nitrogen and oxygen atoms in total. The molecule has 1 aromatic carbocycles. The Morgan fingerprint density at radius 3 is 2.75 bits per heavy atom. The maximum Gasteiger partial charge on any atom is 0.177 e. The molecule has 7 heteroatoms. The van der Waals surface area contributed by atoms with Gasteiger partial charge in [0, 0.05) is 18.0 Å². The molecule has 0 aliphatic carbocycles. The monoisotopic (exact) mass is 289 g/mol. The summed E-state index contributed by atoms with van der Waals surface area (Å²) in [5.41, 5.74) is 1.58. The molecule has 0 unspecified atom stereocenters. The maximum atomic E-state index is 11.7. The summed E-state index contributed by atoms with van der Waals surface area (Å²) >= 11 is 0. The van der Waals surface area contributed by atoms with Gasteiger partial charge in [0.05, 0.1) is 16.6 Å². The number of nitrogens with zero attached hydrogens (tertiary/aromatic N) is 2. The Morgan fingerprint density at radius 2 is 2.05 bits per heavy atom. The summed E-state index contributed by atoms with van der Waals surface area (Å²) in [7, 11) is -3.35. The Bertz CT molecular complexity index is 900. The zero-order chi connectivity index (χ0) is 14.3. The van der Waals surface area contributed by atoms with E-state index in [0.29, 0.717) is 22.4 Å². The van der Waals surface area contributed by atoms with Crippen molar-refractivity contribution in [3.63, 3.8) is 0 Å². The first-order valence-electron chi connectivity index (χ1n) is 5.78. The second-order valence-electron chi connectivity index (χ2n) is 4.44. The molecule has 102 valence electrons. The highest BCUT2D eigenvalue weighted by Gasteiger charge is 2.15. The minimum absolute atomic E-state index is 0.0197. The lowest BCUT2D eigenvalue weighted by Crippen LogP contribution is -1.97. The number of pyridine rings is 1. The van der Waals surface area contributed by atoms with Gasteiger partial charge in [0.1, 0.15) is 17.1 Å². The average molecular weight is 289 g/mol. The van der Waals surface area contributed by atoms with E-state index in [1.165, 1.54) is 24.5 Å². The predicted molar refractivity (Wildman–Crippen MR) is 74.1 cm³/mol. The molecular weight excluding hydrogens is 278 g/mol. The van der Waals surface area contributed by atoms with Crippen LogP contribution in [-0.4, -0.2) is 34.7 Å². The SMILES string of the molecule is CS(=O)(=O)c1cccc2[nH]c(-c3cncc(O)c3)nc12. The molecule has 2 N–H and O–H groups in total. The molecule has 0 radical (unpaired) electrons. The van der Waals surface area contributed by atoms with Crippen molar-refractivity contribution in [3.8, 4) is 17.1 Å². The number of nitrogens with one attached hydrogen (secondary N) is 1. The molecule has 0 amide bonds. The maximum absolute atomic E-state index is 11.7. The first-order valence-corrected chi connectivity index (χ1v) is 7.67. The van der Waals surface area contributed by atoms with Crippen molar-refractivity contribution in [1.82, 2.24) is 15.0 Å². The summed E-state index contributed by atoms with van der Waals surface area (Å²) < 4.78 is 23.5. The van der Waals surface area contributed by atoms with E-state index < -0.39 is 9.84 Å². The summed E-state index contributed by atoms with van der Waals surface area (Å²) in [6, 6.07) is 6.42. The van der Waals surface area contributed by atoms with Crippen LogP contribution in [0, 0.1) is 0 Å². The molecule has 3 aromatic rings. The van der Waals surface area contributed by atoms with Gasteiger partial charge in [0.2, 0.25) is 0 Å². The van der Waals surface area contributed by atoms with E-state index in [9.17, 15) is 13.5 Å². The van der Waals surface area contributed by atoms with Crippen LogP contribution in [0.1, 0.15) is 0 Å². The van der Waals surface area contributed by atoms with E-state index in [1.807, 2.05) is 0 Å². The number of H-pyrrole nitrogens is 1. The number of hydrogen-bond acceptors (Lipinski definition) is 5. The number of hydrogen-bond donors (Lipinski definition) is 2. The van der Waals surface area contributed by atoms with Crippen LogP contribution in [0.4, 0.5) is 0 Å². The molecule has 2 aromatic heterocycles. The fourth-order valence-corrected chi connectivity index (χ4v) is 2.83. The summed E-state index contributed by atoms with van der Waals surface area (Å²) in [6.45, 7) is 0. The van der Waals surface area contributed by atoms with Crippen molar-refractivity contribution in [2.24, 2.45) is 0 Å². The number of aromatic hydroxyl groups is 1. The van der Waals surface area contributed by atoms with Crippen molar-refractivity contribution < 1.29 is 13.5 Å². The van der Waals surface area contributed by atoms with Crippen molar-refractivity contribution >= 4 is 20.9 Å². The van der Waals surface area contributed by atoms with E-state index in [2.05, 4.69) is 15.0 Å². The van der Waals surface area contributed by atoms with E-state index in [4.69, 9.17) is 0 Å². The highest BCUT2D eigenvalue weighted by molar-refractivity contribution is 7.91. The minimum atomic E-state index is -3.35. The zero-order valence-electron chi connectivity index (χ0n) is 10.5. The smallest absolute Gasteiger partial charge is 0.177 e. The van der Waals surface area contributed by atoms with Crippen molar-refractivity contribution in [2.45, 2.75) is 4.90 Å². The molecule has 0 saturated heterocycles. The number of imidazole rings is 1. The number of rotatable bonds is 2. The van der Waals surface area contributed by atoms with Crippen LogP contribution in [0.5, 0.6) is 5.75 Å². The zero-order valence-corrected chi connectivity index (χ0v) is 11.3. The number of sulfone groups is 1. The van der Waals surface area contributed by atoms with Crippen LogP contribution in [0.2, 0.25) is 0 Å². The van der Waals surface area contributed by atoms with Gasteiger partial charge >= 0.3 is 0 Å². The predicted octanol–water partition coefficient (Wildman–Crippen LogP) is 1.73. The fourth-order valence-electron chi connectivity index (χ4n) is 2.00. The second kappa shape index (κ2) is 4.31. The third-order valence-corrected chi connectivity index (χ3v) is 4.00. The molecule has 0 aliphatic rings. The quantitative estimate of drug-likeness (QED) is 0.749. The summed E-state index contributed by atoms with van der Waals surface area (Å²) in [4.78, 5) is 11.4. The Hall–Kier alpha value is -2.41. The van der Waals surface area contributed by atoms with Crippen LogP contribution < -0.4 is 0 Å². The van der Waals surface area contributed by atoms with Gasteiger partial charge in [-0.15, -0.1) is 0 Å². The molecule has 0 saturated carbocycles. The van der Waals surface area contributed by atoms with Gasteiger partial charge in [-0.2, -0.15) is 0 Å². The lowest BCUT2D eigenvalue weighted by atomic mass is 10.2. The Kier molecular flexibility index (Phi) is 2.72. The minimum Gasteiger partial charge on any atom is -0.506 e. The van der Waals surface area contributed by atoms with Gasteiger partial charge in [-0.25, -0.2) is 13.4 Å². The molecule has 20 heavy (non-hydrogen) atoms. The summed E-state index contributed by atoms with van der Waals surface area (Å²) in [5, 5.41) is 9.43. The summed E-state index contributed by atoms with van der Waals surface area (Å²) in [6.07, 6.45) is 4.00. The number of benzene rings is 1. The lowest BCUT2D eigenvalue weighted by Gasteiger charge is -1.97. The molecule has 0 spiro atoms. The molecule has 0 aliphatic heterocycles. The van der Waals surface area contributed by atoms with Crippen molar-refractivity contribution in [2.75, 3.05) is 6.26 Å². The van der Waals surface area contributed by atoms with Crippen LogP contribution in [-0.2, 0) is 9.84 Å². The lowest BCUT2D eigenvalue weighted by molar-refractivity contribution is 0.473. The first kappa shape index (κ1) is 12.6. The average Bonchev–Trinajstić information content (AvgIpc) is 2.81. The molecule has 2 heterocycles. The van der Waals surface area contributed by atoms with Gasteiger partial charge in [0.15, 0.2) is 9.84 Å². The van der Waals surface area contributed by atoms with Crippen LogP contribution >= 0.6 is 0 Å². The van der Waals surface area contributed by atoms with E-state index in [0.717, 1.165) is 6.26 Å². The Morgan fingerprint density at radius 1 is 1.25 bits per heavy atom. The molecule has 0 bridgehead atoms. The van der Waals surface area contributed by atoms with E-state index in [1.54, 1.807) is 12.1 Å². The Balaban J connectivity index is 2.26. The number of aromatic amines is 1. The third kappa shape index (κ3) is 2.12. The topological polar surface area (TPSA) is 95.9 Å². The molecule has 0 fully saturated rings. The van der Waals surface area contributed by atoms with Crippen molar-refractivity contribution in [3.05, 3.63) is 36.7 Å². The van der Waals surface area contributed by atoms with E-state index >= 15 is 0 Å². The number of fused-ring (bicyclic) bond motifs is 1. The summed E-state index contributed by atoms with van der Waals surface area (Å²) in [5.74, 6) is 0.478. The van der Waals surface area contributed by atoms with Crippen LogP contribution in [0.25, 0.3) is 22.4 Å². The van der Waals surface area contributed by atoms with E-state index in [-0.39, 0.29) is 10.6 Å². The molecule has 3 rings (SSSR count). The first-order chi connectivity index (χ1) is 9.45. The van der Waals surface area contributed by atoms with Gasteiger partial charge in [-0.05, 0) is 18.2 Å². The largest absolute Gasteiger partial charge is 0.506 e. The standard InChI is InChI=1S/C13H11N3O3S/c1-20(18,19)11-4-2-3-10-12(11)16-13(15-10)8-5-9(17)7-14-6-8/h2-7,17H,1H3,(H,15,16). The van der Waals surface area contributed by atoms with Gasteiger partial charge in [-0.3, -0.25) is 4.98 Å². The van der Waals surface area contributed by atoms with Gasteiger partial charge in [0.25, 0.3) is 0 Å². The van der Waals surface area contributed by atoms with Gasteiger partial charge in [-0.1, -0.05) is 6.07 Å². The fraction of sp³-hybridized carbons (Fsp3) is 0.0769. The van der Waals surface area contributed by atoms with Crippen LogP contribution in [0.3, 0.4) is 0 Å².